The van der Waals surface area contributed by atoms with Gasteiger partial charge in [-0.1, -0.05) is 41.4 Å². The summed E-state index contributed by atoms with van der Waals surface area (Å²) in [5, 5.41) is 13.6. The average Bonchev–Trinajstić information content (AvgIpc) is 3.76. The molecule has 2 aromatic carbocycles. The normalized spacial score (nSPS) is 11.3. The topological polar surface area (TPSA) is 124 Å². The number of aryl methyl sites for hydroxylation is 1. The number of carboxylic acids is 1. The molecule has 0 saturated carbocycles. The van der Waals surface area contributed by atoms with E-state index < -0.39 is 5.97 Å². The van der Waals surface area contributed by atoms with Crippen LogP contribution < -0.4 is 10.1 Å². The predicted molar refractivity (Wildman–Crippen MR) is 176 cm³/mol. The van der Waals surface area contributed by atoms with Crippen LogP contribution in [0.1, 0.15) is 33.0 Å². The Balaban J connectivity index is 1.19. The van der Waals surface area contributed by atoms with E-state index in [1.165, 1.54) is 18.3 Å². The largest absolute Gasteiger partial charge is 0.487 e. The Morgan fingerprint density at radius 3 is 2.67 bits per heavy atom. The fraction of sp³-hybridized carbons (Fsp3) is 0.0882. The third-order valence-electron chi connectivity index (χ3n) is 7.20. The first kappa shape index (κ1) is 30.6. The summed E-state index contributed by atoms with van der Waals surface area (Å²) >= 11 is 13.6. The summed E-state index contributed by atoms with van der Waals surface area (Å²) < 4.78 is 10.1. The summed E-state index contributed by atoms with van der Waals surface area (Å²) in [4.78, 5) is 36.3. The van der Waals surface area contributed by atoms with Crippen LogP contribution in [0.5, 0.6) is 5.75 Å². The van der Waals surface area contributed by atoms with Gasteiger partial charge in [0.25, 0.3) is 0 Å². The highest BCUT2D eigenvalue weighted by molar-refractivity contribution is 6.37. The number of carbonyl (C=O) groups excluding carboxylic acids is 1. The second kappa shape index (κ2) is 13.3. The minimum absolute atomic E-state index is 0.0706. The molecule has 0 atom stereocenters. The van der Waals surface area contributed by atoms with Crippen molar-refractivity contribution in [2.24, 2.45) is 0 Å². The number of para-hydroxylation sites is 1. The lowest BCUT2D eigenvalue weighted by Crippen LogP contribution is -2.21. The van der Waals surface area contributed by atoms with Crippen LogP contribution in [0, 0.1) is 6.92 Å². The maximum atomic E-state index is 12.5. The van der Waals surface area contributed by atoms with Gasteiger partial charge in [0.05, 0.1) is 29.3 Å². The summed E-state index contributed by atoms with van der Waals surface area (Å²) in [5.74, 6) is -0.859. The molecule has 230 valence electrons. The number of hydrogen-bond donors (Lipinski definition) is 2. The number of carboxylic acid groups (broad SMARTS) is 1. The first-order valence-corrected chi connectivity index (χ1v) is 14.8. The van der Waals surface area contributed by atoms with Gasteiger partial charge in [-0.05, 0) is 61.0 Å². The van der Waals surface area contributed by atoms with E-state index in [0.29, 0.717) is 38.1 Å². The summed E-state index contributed by atoms with van der Waals surface area (Å²) in [7, 11) is 0. The number of imidazole rings is 1. The number of carbonyl (C=O) groups is 2. The highest BCUT2D eigenvalue weighted by Gasteiger charge is 2.17. The minimum atomic E-state index is -1.12. The number of nitrogens with zero attached hydrogens (tertiary/aromatic N) is 5. The number of nitrogens with one attached hydrogen (secondary N) is 1. The molecule has 10 nitrogen and oxygen atoms in total. The molecule has 0 aliphatic heterocycles. The molecule has 6 rings (SSSR count). The number of benzene rings is 2. The van der Waals surface area contributed by atoms with Crippen molar-refractivity contribution in [1.29, 1.82) is 0 Å². The zero-order valence-electron chi connectivity index (χ0n) is 24.4. The fourth-order valence-corrected chi connectivity index (χ4v) is 5.52. The van der Waals surface area contributed by atoms with E-state index in [2.05, 4.69) is 15.3 Å². The fourth-order valence-electron chi connectivity index (χ4n) is 4.95. The molecule has 0 saturated heterocycles. The molecule has 0 aliphatic carbocycles. The smallest absolute Gasteiger partial charge is 0.354 e. The van der Waals surface area contributed by atoms with Crippen molar-refractivity contribution in [1.82, 2.24) is 29.4 Å². The number of aromatic carboxylic acids is 1. The summed E-state index contributed by atoms with van der Waals surface area (Å²) in [5.41, 5.74) is 5.07. The van der Waals surface area contributed by atoms with E-state index in [-0.39, 0.29) is 24.8 Å². The van der Waals surface area contributed by atoms with Gasteiger partial charge in [-0.2, -0.15) is 0 Å². The molecule has 0 spiro atoms. The van der Waals surface area contributed by atoms with Crippen molar-refractivity contribution in [3.8, 4) is 17.1 Å². The Hall–Kier alpha value is -5.45. The van der Waals surface area contributed by atoms with Gasteiger partial charge in [-0.15, -0.1) is 0 Å². The first-order chi connectivity index (χ1) is 22.3. The Kier molecular flexibility index (Phi) is 8.82. The number of halogens is 2. The number of rotatable bonds is 10. The zero-order valence-corrected chi connectivity index (χ0v) is 25.9. The van der Waals surface area contributed by atoms with Crippen molar-refractivity contribution in [3.05, 3.63) is 136 Å². The summed E-state index contributed by atoms with van der Waals surface area (Å²) in [6.07, 6.45) is 11.5. The molecular weight excluding hydrogens is 627 g/mol. The van der Waals surface area contributed by atoms with E-state index in [1.807, 2.05) is 70.9 Å². The molecule has 0 bridgehead atoms. The van der Waals surface area contributed by atoms with Gasteiger partial charge >= 0.3 is 5.97 Å². The Morgan fingerprint density at radius 1 is 1.04 bits per heavy atom. The minimum Gasteiger partial charge on any atom is -0.487 e. The SMILES string of the molecule is Cc1cc(-n2ccnc2)c2cccc(OCc3c(Cl)ccc(-n4cccc4CNC(=O)/C=C/c4ccc(C(=O)O)nc4)c3Cl)c2n1. The number of ether oxygens (including phenoxy) is 1. The van der Waals surface area contributed by atoms with Crippen LogP contribution in [0.15, 0.2) is 97.9 Å². The Morgan fingerprint density at radius 2 is 1.91 bits per heavy atom. The highest BCUT2D eigenvalue weighted by atomic mass is 35.5. The molecular formula is C34H26Cl2N6O4. The average molecular weight is 654 g/mol. The molecule has 2 N–H and O–H groups in total. The van der Waals surface area contributed by atoms with E-state index >= 15 is 0 Å². The maximum Gasteiger partial charge on any atom is 0.354 e. The van der Waals surface area contributed by atoms with Gasteiger partial charge in [0.15, 0.2) is 0 Å². The zero-order chi connectivity index (χ0) is 32.2. The van der Waals surface area contributed by atoms with Crippen LogP contribution in [-0.4, -0.2) is 41.1 Å². The molecule has 6 aromatic rings. The number of amides is 1. The van der Waals surface area contributed by atoms with Crippen LogP contribution in [0.25, 0.3) is 28.4 Å². The summed E-state index contributed by atoms with van der Waals surface area (Å²) in [6, 6.07) is 18.0. The molecule has 46 heavy (non-hydrogen) atoms. The molecule has 0 fully saturated rings. The van der Waals surface area contributed by atoms with Gasteiger partial charge in [0, 0.05) is 58.2 Å². The molecule has 0 radical (unpaired) electrons. The maximum absolute atomic E-state index is 12.5. The lowest BCUT2D eigenvalue weighted by atomic mass is 10.1. The van der Waals surface area contributed by atoms with E-state index in [0.717, 1.165) is 22.5 Å². The van der Waals surface area contributed by atoms with Crippen LogP contribution in [0.2, 0.25) is 10.0 Å². The van der Waals surface area contributed by atoms with Crippen LogP contribution in [-0.2, 0) is 17.9 Å². The first-order valence-electron chi connectivity index (χ1n) is 14.1. The predicted octanol–water partition coefficient (Wildman–Crippen LogP) is 6.83. The van der Waals surface area contributed by atoms with E-state index in [9.17, 15) is 9.59 Å². The third-order valence-corrected chi connectivity index (χ3v) is 7.97. The molecule has 1 amide bonds. The van der Waals surface area contributed by atoms with Crippen LogP contribution >= 0.6 is 23.2 Å². The van der Waals surface area contributed by atoms with Crippen LogP contribution in [0.4, 0.5) is 0 Å². The van der Waals surface area contributed by atoms with Crippen molar-refractivity contribution in [2.75, 3.05) is 0 Å². The monoisotopic (exact) mass is 652 g/mol. The van der Waals surface area contributed by atoms with Gasteiger partial charge in [0.1, 0.15) is 23.6 Å². The van der Waals surface area contributed by atoms with Gasteiger partial charge in [-0.3, -0.25) is 4.79 Å². The number of pyridine rings is 2. The molecule has 4 heterocycles. The van der Waals surface area contributed by atoms with Crippen molar-refractivity contribution < 1.29 is 19.4 Å². The number of hydrogen-bond acceptors (Lipinski definition) is 6. The van der Waals surface area contributed by atoms with E-state index in [1.54, 1.807) is 30.7 Å². The van der Waals surface area contributed by atoms with Crippen molar-refractivity contribution >= 4 is 52.1 Å². The Bertz CT molecular complexity index is 2090. The third kappa shape index (κ3) is 6.49. The molecule has 12 heteroatoms. The second-order valence-corrected chi connectivity index (χ2v) is 11.0. The van der Waals surface area contributed by atoms with Crippen LogP contribution in [0.3, 0.4) is 0 Å². The van der Waals surface area contributed by atoms with Crippen molar-refractivity contribution in [3.63, 3.8) is 0 Å². The second-order valence-electron chi connectivity index (χ2n) is 10.3. The molecule has 0 unspecified atom stereocenters. The van der Waals surface area contributed by atoms with E-state index in [4.69, 9.17) is 38.0 Å². The number of aromatic nitrogens is 5. The van der Waals surface area contributed by atoms with Crippen molar-refractivity contribution in [2.45, 2.75) is 20.1 Å². The van der Waals surface area contributed by atoms with Gasteiger partial charge in [-0.25, -0.2) is 19.7 Å². The summed E-state index contributed by atoms with van der Waals surface area (Å²) in [6.45, 7) is 2.25. The highest BCUT2D eigenvalue weighted by Crippen LogP contribution is 2.34. The quantitative estimate of drug-likeness (QED) is 0.155. The van der Waals surface area contributed by atoms with Gasteiger partial charge < -0.3 is 24.3 Å². The molecule has 0 aliphatic rings. The number of fused-ring (bicyclic) bond motifs is 1. The lowest BCUT2D eigenvalue weighted by Gasteiger charge is -2.17. The Labute approximate surface area is 273 Å². The molecule has 4 aromatic heterocycles. The van der Waals surface area contributed by atoms with Gasteiger partial charge in [0.2, 0.25) is 5.91 Å². The standard InChI is InChI=1S/C34H26Cl2N6O4/c1-21-16-29(41-15-13-37-20-41)24-5-2-6-30(33(24)40-21)46-19-25-26(35)9-11-28(32(25)36)42-14-3-4-23(42)18-39-31(43)12-8-22-7-10-27(34(44)45)38-17-22/h2-17,20H,18-19H2,1H3,(H,39,43)(H,44,45)/b12-8+. The lowest BCUT2D eigenvalue weighted by molar-refractivity contribution is -0.116.